The summed E-state index contributed by atoms with van der Waals surface area (Å²) in [7, 11) is 0. The van der Waals surface area contributed by atoms with Gasteiger partial charge in [0.2, 0.25) is 0 Å². The molecular weight excluding hydrogens is 480 g/mol. The molecule has 2 aromatic carbocycles. The zero-order chi connectivity index (χ0) is 26.1. The average Bonchev–Trinajstić information content (AvgIpc) is 2.86. The van der Waals surface area contributed by atoms with E-state index in [0.29, 0.717) is 28.0 Å². The van der Waals surface area contributed by atoms with Crippen molar-refractivity contribution in [1.82, 2.24) is 14.5 Å². The molecule has 0 saturated heterocycles. The number of rotatable bonds is 6. The Morgan fingerprint density at radius 2 is 1.76 bits per heavy atom. The number of aromatic nitrogens is 3. The predicted octanol–water partition coefficient (Wildman–Crippen LogP) is 5.29. The minimum absolute atomic E-state index is 0.0599. The van der Waals surface area contributed by atoms with Crippen LogP contribution in [0.4, 0.5) is 8.78 Å². The van der Waals surface area contributed by atoms with Crippen molar-refractivity contribution < 1.29 is 23.4 Å². The molecule has 0 bridgehead atoms. The van der Waals surface area contributed by atoms with Crippen LogP contribution >= 0.6 is 0 Å². The fourth-order valence-corrected chi connectivity index (χ4v) is 3.97. The third kappa shape index (κ3) is 4.79. The van der Waals surface area contributed by atoms with Crippen LogP contribution < -0.4 is 10.3 Å². The van der Waals surface area contributed by atoms with Gasteiger partial charge in [0.25, 0.3) is 5.56 Å². The molecule has 0 spiro atoms. The van der Waals surface area contributed by atoms with Gasteiger partial charge in [-0.05, 0) is 61.0 Å². The number of fused-ring (bicyclic) bond motifs is 1. The van der Waals surface area contributed by atoms with Crippen LogP contribution in [0.3, 0.4) is 0 Å². The molecule has 0 aliphatic heterocycles. The van der Waals surface area contributed by atoms with Gasteiger partial charge in [-0.2, -0.15) is 0 Å². The van der Waals surface area contributed by atoms with E-state index < -0.39 is 23.0 Å². The Morgan fingerprint density at radius 3 is 2.51 bits per heavy atom. The fourth-order valence-electron chi connectivity index (χ4n) is 3.97. The molecule has 5 rings (SSSR count). The molecule has 3 heterocycles. The summed E-state index contributed by atoms with van der Waals surface area (Å²) in [5, 5.41) is 9.59. The zero-order valence-corrected chi connectivity index (χ0v) is 19.5. The summed E-state index contributed by atoms with van der Waals surface area (Å²) in [6, 6.07) is 15.5. The number of Topliss-reactive ketones (excluding diaryl/α,β-unsaturated/α-hetero) is 1. The second-order valence-corrected chi connectivity index (χ2v) is 8.34. The van der Waals surface area contributed by atoms with Crippen LogP contribution in [0, 0.1) is 18.6 Å². The first kappa shape index (κ1) is 23.8. The van der Waals surface area contributed by atoms with Crippen molar-refractivity contribution in [1.29, 1.82) is 0 Å². The number of halogens is 2. The third-order valence-corrected chi connectivity index (χ3v) is 5.77. The highest BCUT2D eigenvalue weighted by molar-refractivity contribution is 5.97. The predicted molar refractivity (Wildman–Crippen MR) is 132 cm³/mol. The summed E-state index contributed by atoms with van der Waals surface area (Å²) in [5.74, 6) is -1.54. The molecule has 0 unspecified atom stereocenters. The molecule has 9 heteroatoms. The van der Waals surface area contributed by atoms with Crippen LogP contribution in [0.15, 0.2) is 83.9 Å². The number of aromatic hydroxyl groups is 1. The van der Waals surface area contributed by atoms with E-state index in [0.717, 1.165) is 0 Å². The van der Waals surface area contributed by atoms with Crippen molar-refractivity contribution in [2.45, 2.75) is 13.3 Å². The SMILES string of the molecule is Cc1ccc(C(=O)Cc2ccc(Oc3ccnc4cc(O)cnc34)c(F)c2)c(=O)n1-c1ccc(F)cc1. The summed E-state index contributed by atoms with van der Waals surface area (Å²) in [6.07, 6.45) is 2.47. The summed E-state index contributed by atoms with van der Waals surface area (Å²) in [6.45, 7) is 1.71. The molecule has 184 valence electrons. The van der Waals surface area contributed by atoms with Crippen molar-refractivity contribution in [2.24, 2.45) is 0 Å². The smallest absolute Gasteiger partial charge is 0.266 e. The minimum atomic E-state index is -0.707. The van der Waals surface area contributed by atoms with Gasteiger partial charge in [0, 0.05) is 36.1 Å². The van der Waals surface area contributed by atoms with E-state index in [9.17, 15) is 23.5 Å². The van der Waals surface area contributed by atoms with Crippen LogP contribution in [-0.2, 0) is 6.42 Å². The van der Waals surface area contributed by atoms with E-state index in [1.165, 1.54) is 77.6 Å². The van der Waals surface area contributed by atoms with Crippen LogP contribution in [-0.4, -0.2) is 25.4 Å². The van der Waals surface area contributed by atoms with Gasteiger partial charge < -0.3 is 9.84 Å². The first-order valence-electron chi connectivity index (χ1n) is 11.2. The Balaban J connectivity index is 1.39. The molecule has 1 N–H and O–H groups in total. The number of ether oxygens (including phenoxy) is 1. The lowest BCUT2D eigenvalue weighted by atomic mass is 10.0. The lowest BCUT2D eigenvalue weighted by molar-refractivity contribution is 0.0991. The second-order valence-electron chi connectivity index (χ2n) is 8.34. The standard InChI is InChI=1S/C28H19F2N3O4/c1-16-2-8-21(28(36)33(16)19-6-4-18(29)5-7-19)24(35)13-17-3-9-25(22(30)12-17)37-26-10-11-31-23-14-20(34)15-32-27(23)26/h2-12,14-15,34H,13H2,1H3. The second kappa shape index (κ2) is 9.62. The van der Waals surface area contributed by atoms with E-state index in [1.54, 1.807) is 13.0 Å². The summed E-state index contributed by atoms with van der Waals surface area (Å²) in [5.41, 5.74) is 1.48. The Morgan fingerprint density at radius 1 is 0.973 bits per heavy atom. The van der Waals surface area contributed by atoms with Crippen molar-refractivity contribution >= 4 is 16.8 Å². The van der Waals surface area contributed by atoms with Crippen molar-refractivity contribution in [2.75, 3.05) is 0 Å². The molecule has 0 atom stereocenters. The first-order valence-corrected chi connectivity index (χ1v) is 11.2. The van der Waals surface area contributed by atoms with Crippen molar-refractivity contribution in [3.05, 3.63) is 118 Å². The van der Waals surface area contributed by atoms with Gasteiger partial charge in [0.1, 0.15) is 17.1 Å². The number of ketones is 1. The van der Waals surface area contributed by atoms with Crippen LogP contribution in [0.5, 0.6) is 17.2 Å². The Bertz CT molecular complexity index is 1720. The lowest BCUT2D eigenvalue weighted by Gasteiger charge is -2.12. The van der Waals surface area contributed by atoms with Gasteiger partial charge in [-0.25, -0.2) is 13.8 Å². The largest absolute Gasteiger partial charge is 0.506 e. The van der Waals surface area contributed by atoms with E-state index in [2.05, 4.69) is 9.97 Å². The van der Waals surface area contributed by atoms with Gasteiger partial charge in [-0.15, -0.1) is 0 Å². The monoisotopic (exact) mass is 499 g/mol. The minimum Gasteiger partial charge on any atom is -0.506 e. The highest BCUT2D eigenvalue weighted by atomic mass is 19.1. The average molecular weight is 499 g/mol. The van der Waals surface area contributed by atoms with Gasteiger partial charge >= 0.3 is 0 Å². The molecule has 7 nitrogen and oxygen atoms in total. The van der Waals surface area contributed by atoms with Crippen molar-refractivity contribution in [3.8, 4) is 22.9 Å². The maximum atomic E-state index is 14.9. The van der Waals surface area contributed by atoms with Gasteiger partial charge in [-0.3, -0.25) is 19.1 Å². The maximum absolute atomic E-state index is 14.9. The van der Waals surface area contributed by atoms with Crippen LogP contribution in [0.2, 0.25) is 0 Å². The highest BCUT2D eigenvalue weighted by Gasteiger charge is 2.17. The van der Waals surface area contributed by atoms with Gasteiger partial charge in [-0.1, -0.05) is 6.07 Å². The van der Waals surface area contributed by atoms with E-state index in [1.807, 2.05) is 0 Å². The Labute approximate surface area is 209 Å². The van der Waals surface area contributed by atoms with Gasteiger partial charge in [0.15, 0.2) is 23.1 Å². The number of pyridine rings is 3. The number of carbonyl (C=O) groups excluding carboxylic acids is 1. The first-order chi connectivity index (χ1) is 17.8. The number of benzene rings is 2. The molecule has 0 saturated carbocycles. The van der Waals surface area contributed by atoms with E-state index in [-0.39, 0.29) is 29.2 Å². The number of nitrogens with zero attached hydrogens (tertiary/aromatic N) is 3. The molecule has 0 radical (unpaired) electrons. The van der Waals surface area contributed by atoms with Crippen LogP contribution in [0.25, 0.3) is 16.7 Å². The quantitative estimate of drug-likeness (QED) is 0.319. The van der Waals surface area contributed by atoms with Crippen molar-refractivity contribution in [3.63, 3.8) is 0 Å². The third-order valence-electron chi connectivity index (χ3n) is 5.77. The number of hydrogen-bond acceptors (Lipinski definition) is 6. The lowest BCUT2D eigenvalue weighted by Crippen LogP contribution is -2.27. The Kier molecular flexibility index (Phi) is 6.19. The summed E-state index contributed by atoms with van der Waals surface area (Å²) < 4.78 is 35.2. The highest BCUT2D eigenvalue weighted by Crippen LogP contribution is 2.30. The number of hydrogen-bond donors (Lipinski definition) is 1. The Hall–Kier alpha value is -4.92. The molecule has 0 aliphatic rings. The van der Waals surface area contributed by atoms with Crippen LogP contribution in [0.1, 0.15) is 21.6 Å². The molecule has 0 amide bonds. The molecular formula is C28H19F2N3O4. The summed E-state index contributed by atoms with van der Waals surface area (Å²) in [4.78, 5) is 34.3. The summed E-state index contributed by atoms with van der Waals surface area (Å²) >= 11 is 0. The normalized spacial score (nSPS) is 11.0. The van der Waals surface area contributed by atoms with Gasteiger partial charge in [0.05, 0.1) is 17.3 Å². The van der Waals surface area contributed by atoms with E-state index >= 15 is 0 Å². The molecule has 37 heavy (non-hydrogen) atoms. The number of carbonyl (C=O) groups is 1. The molecule has 5 aromatic rings. The molecule has 0 aliphatic carbocycles. The van der Waals surface area contributed by atoms with E-state index in [4.69, 9.17) is 4.74 Å². The topological polar surface area (TPSA) is 94.3 Å². The molecule has 3 aromatic heterocycles. The fraction of sp³-hybridized carbons (Fsp3) is 0.0714. The maximum Gasteiger partial charge on any atom is 0.266 e. The zero-order valence-electron chi connectivity index (χ0n) is 19.5. The number of aryl methyl sites for hydroxylation is 1. The molecule has 0 fully saturated rings.